The molecular weight excluding hydrogens is 282 g/mol. The second-order valence-electron chi connectivity index (χ2n) is 3.40. The zero-order valence-corrected chi connectivity index (χ0v) is 11.6. The van der Waals surface area contributed by atoms with Gasteiger partial charge in [-0.2, -0.15) is 0 Å². The second kappa shape index (κ2) is 5.45. The zero-order chi connectivity index (χ0) is 13.9. The molecule has 0 atom stereocenters. The van der Waals surface area contributed by atoms with E-state index < -0.39 is 15.1 Å². The van der Waals surface area contributed by atoms with E-state index in [9.17, 15) is 13.2 Å². The first-order valence-electron chi connectivity index (χ1n) is 4.78. The van der Waals surface area contributed by atoms with Crippen LogP contribution in [0, 0.1) is 6.92 Å². The topological polar surface area (TPSA) is 81.7 Å². The highest BCUT2D eigenvalue weighted by Crippen LogP contribution is 2.35. The van der Waals surface area contributed by atoms with E-state index in [-0.39, 0.29) is 16.3 Å². The maximum absolute atomic E-state index is 11.4. The second-order valence-corrected chi connectivity index (χ2v) is 5.93. The number of carbonyl (C=O) groups excluding carboxylic acids is 1. The van der Waals surface area contributed by atoms with Crippen LogP contribution in [-0.4, -0.2) is 28.7 Å². The number of halogens is 1. The molecule has 1 aromatic rings. The third kappa shape index (κ3) is 3.27. The molecule has 0 aliphatic carbocycles. The molecule has 100 valence electrons. The minimum Gasteiger partial charge on any atom is -0.493 e. The van der Waals surface area contributed by atoms with Crippen molar-refractivity contribution in [2.24, 2.45) is 0 Å². The van der Waals surface area contributed by atoms with E-state index in [2.05, 4.69) is 10.1 Å². The third-order valence-corrected chi connectivity index (χ3v) is 3.42. The standard InChI is InChI=1S/C10H12ClNO5S/c1-6-4-7(12-10(13)17-3)9(16-2)8(5-6)18(11,14)15/h4-5H,1-3H3,(H,12,13). The maximum atomic E-state index is 11.4. The van der Waals surface area contributed by atoms with Crippen LogP contribution in [0.2, 0.25) is 0 Å². The summed E-state index contributed by atoms with van der Waals surface area (Å²) in [5.74, 6) is -0.0407. The van der Waals surface area contributed by atoms with Gasteiger partial charge in [-0.05, 0) is 24.6 Å². The van der Waals surface area contributed by atoms with Crippen molar-refractivity contribution < 1.29 is 22.7 Å². The van der Waals surface area contributed by atoms with E-state index >= 15 is 0 Å². The number of ether oxygens (including phenoxy) is 2. The van der Waals surface area contributed by atoms with E-state index in [0.717, 1.165) is 0 Å². The van der Waals surface area contributed by atoms with Crippen LogP contribution in [0.25, 0.3) is 0 Å². The van der Waals surface area contributed by atoms with Crippen molar-refractivity contribution in [3.63, 3.8) is 0 Å². The fourth-order valence-electron chi connectivity index (χ4n) is 1.39. The average molecular weight is 294 g/mol. The summed E-state index contributed by atoms with van der Waals surface area (Å²) < 4.78 is 32.2. The van der Waals surface area contributed by atoms with Gasteiger partial charge in [0.25, 0.3) is 9.05 Å². The largest absolute Gasteiger partial charge is 0.493 e. The number of rotatable bonds is 3. The molecule has 0 aromatic heterocycles. The number of hydrogen-bond acceptors (Lipinski definition) is 5. The quantitative estimate of drug-likeness (QED) is 0.863. The van der Waals surface area contributed by atoms with E-state index in [4.69, 9.17) is 15.4 Å². The number of hydrogen-bond donors (Lipinski definition) is 1. The van der Waals surface area contributed by atoms with Gasteiger partial charge in [-0.1, -0.05) is 0 Å². The maximum Gasteiger partial charge on any atom is 0.411 e. The number of nitrogens with one attached hydrogen (secondary N) is 1. The monoisotopic (exact) mass is 293 g/mol. The number of amides is 1. The van der Waals surface area contributed by atoms with Crippen LogP contribution in [0.4, 0.5) is 10.5 Å². The van der Waals surface area contributed by atoms with Gasteiger partial charge in [0.2, 0.25) is 0 Å². The predicted molar refractivity (Wildman–Crippen MR) is 66.8 cm³/mol. The van der Waals surface area contributed by atoms with Crippen molar-refractivity contribution in [3.8, 4) is 5.75 Å². The molecule has 1 aromatic carbocycles. The van der Waals surface area contributed by atoms with Gasteiger partial charge in [0.05, 0.1) is 19.9 Å². The molecule has 0 aliphatic rings. The van der Waals surface area contributed by atoms with Gasteiger partial charge < -0.3 is 9.47 Å². The molecule has 1 N–H and O–H groups in total. The normalized spacial score (nSPS) is 10.9. The van der Waals surface area contributed by atoms with Gasteiger partial charge in [0.15, 0.2) is 5.75 Å². The highest BCUT2D eigenvalue weighted by molar-refractivity contribution is 8.13. The zero-order valence-electron chi connectivity index (χ0n) is 9.98. The molecule has 18 heavy (non-hydrogen) atoms. The molecule has 6 nitrogen and oxygen atoms in total. The van der Waals surface area contributed by atoms with Crippen LogP contribution in [0.1, 0.15) is 5.56 Å². The lowest BCUT2D eigenvalue weighted by Crippen LogP contribution is -2.13. The first-order valence-corrected chi connectivity index (χ1v) is 7.08. The van der Waals surface area contributed by atoms with Crippen LogP contribution < -0.4 is 10.1 Å². The SMILES string of the molecule is COC(=O)Nc1cc(C)cc(S(=O)(=O)Cl)c1OC. The Bertz CT molecular complexity index is 570. The van der Waals surface area contributed by atoms with Crippen molar-refractivity contribution in [1.29, 1.82) is 0 Å². The van der Waals surface area contributed by atoms with Gasteiger partial charge in [-0.25, -0.2) is 13.2 Å². The van der Waals surface area contributed by atoms with Crippen molar-refractivity contribution in [1.82, 2.24) is 0 Å². The van der Waals surface area contributed by atoms with Crippen LogP contribution in [0.15, 0.2) is 17.0 Å². The first-order chi connectivity index (χ1) is 8.29. The van der Waals surface area contributed by atoms with Crippen LogP contribution in [-0.2, 0) is 13.8 Å². The summed E-state index contributed by atoms with van der Waals surface area (Å²) in [6.45, 7) is 1.66. The smallest absolute Gasteiger partial charge is 0.411 e. The van der Waals surface area contributed by atoms with Crippen molar-refractivity contribution in [2.45, 2.75) is 11.8 Å². The minimum absolute atomic E-state index is 0.0407. The van der Waals surface area contributed by atoms with Crippen molar-refractivity contribution in [3.05, 3.63) is 17.7 Å². The Hall–Kier alpha value is -1.47. The summed E-state index contributed by atoms with van der Waals surface area (Å²) in [6.07, 6.45) is -0.739. The minimum atomic E-state index is -3.98. The van der Waals surface area contributed by atoms with E-state index in [1.54, 1.807) is 13.0 Å². The Morgan fingerprint density at radius 3 is 2.39 bits per heavy atom. The number of carbonyl (C=O) groups is 1. The lowest BCUT2D eigenvalue weighted by atomic mass is 10.2. The van der Waals surface area contributed by atoms with Crippen molar-refractivity contribution in [2.75, 3.05) is 19.5 Å². The lowest BCUT2D eigenvalue weighted by Gasteiger charge is -2.13. The summed E-state index contributed by atoms with van der Waals surface area (Å²) in [7, 11) is 3.79. The molecule has 0 aliphatic heterocycles. The molecule has 8 heteroatoms. The van der Waals surface area contributed by atoms with Crippen LogP contribution in [0.5, 0.6) is 5.75 Å². The molecule has 0 bridgehead atoms. The predicted octanol–water partition coefficient (Wildman–Crippen LogP) is 2.11. The highest BCUT2D eigenvalue weighted by Gasteiger charge is 2.21. The number of anilines is 1. The molecule has 0 saturated heterocycles. The fraction of sp³-hybridized carbons (Fsp3) is 0.300. The summed E-state index contributed by atoms with van der Waals surface area (Å²) >= 11 is 0. The van der Waals surface area contributed by atoms with E-state index in [1.807, 2.05) is 0 Å². The average Bonchev–Trinajstić information content (AvgIpc) is 2.27. The number of methoxy groups -OCH3 is 2. The molecule has 0 unspecified atom stereocenters. The molecule has 1 amide bonds. The van der Waals surface area contributed by atoms with Crippen LogP contribution >= 0.6 is 10.7 Å². The van der Waals surface area contributed by atoms with E-state index in [0.29, 0.717) is 5.56 Å². The summed E-state index contributed by atoms with van der Waals surface area (Å²) in [5, 5.41) is 2.36. The Kier molecular flexibility index (Phi) is 4.42. The Labute approximate surface area is 109 Å². The Morgan fingerprint density at radius 2 is 1.94 bits per heavy atom. The highest BCUT2D eigenvalue weighted by atomic mass is 35.7. The van der Waals surface area contributed by atoms with Crippen LogP contribution in [0.3, 0.4) is 0 Å². The lowest BCUT2D eigenvalue weighted by molar-refractivity contribution is 0.186. The van der Waals surface area contributed by atoms with Gasteiger partial charge in [-0.15, -0.1) is 0 Å². The number of benzene rings is 1. The van der Waals surface area contributed by atoms with Gasteiger partial charge in [0.1, 0.15) is 4.90 Å². The molecule has 0 saturated carbocycles. The van der Waals surface area contributed by atoms with E-state index in [1.165, 1.54) is 20.3 Å². The molecule has 1 rings (SSSR count). The number of aryl methyl sites for hydroxylation is 1. The van der Waals surface area contributed by atoms with Gasteiger partial charge >= 0.3 is 6.09 Å². The fourth-order valence-corrected chi connectivity index (χ4v) is 2.47. The summed E-state index contributed by atoms with van der Waals surface area (Å²) in [6, 6.07) is 2.89. The molecule has 0 heterocycles. The summed E-state index contributed by atoms with van der Waals surface area (Å²) in [5.41, 5.74) is 0.769. The Morgan fingerprint density at radius 1 is 1.33 bits per heavy atom. The van der Waals surface area contributed by atoms with Gasteiger partial charge in [0, 0.05) is 10.7 Å². The molecule has 0 fully saturated rings. The van der Waals surface area contributed by atoms with Gasteiger partial charge in [-0.3, -0.25) is 5.32 Å². The van der Waals surface area contributed by atoms with Crippen molar-refractivity contribution >= 4 is 31.5 Å². The molecule has 0 radical (unpaired) electrons. The first kappa shape index (κ1) is 14.6. The summed E-state index contributed by atoms with van der Waals surface area (Å²) in [4.78, 5) is 10.9. The Balaban J connectivity index is 3.43. The molecular formula is C10H12ClNO5S. The molecule has 0 spiro atoms. The third-order valence-electron chi connectivity index (χ3n) is 2.09.